The lowest BCUT2D eigenvalue weighted by atomic mass is 10.2. The zero-order valence-corrected chi connectivity index (χ0v) is 12.5. The number of nitrogens with zero attached hydrogens (tertiary/aromatic N) is 2. The smallest absolute Gasteiger partial charge is 0.244 e. The van der Waals surface area contributed by atoms with Crippen molar-refractivity contribution in [3.05, 3.63) is 24.0 Å². The highest BCUT2D eigenvalue weighted by molar-refractivity contribution is 7.89. The molecule has 1 aliphatic heterocycles. The maximum Gasteiger partial charge on any atom is 0.244 e. The second-order valence-corrected chi connectivity index (χ2v) is 6.72. The van der Waals surface area contributed by atoms with Crippen molar-refractivity contribution in [2.75, 3.05) is 19.7 Å². The van der Waals surface area contributed by atoms with Crippen LogP contribution < -0.4 is 5.73 Å². The minimum absolute atomic E-state index is 0.000925. The predicted octanol–water partition coefficient (Wildman–Crippen LogP) is 0.730. The van der Waals surface area contributed by atoms with E-state index in [2.05, 4.69) is 4.98 Å². The van der Waals surface area contributed by atoms with Gasteiger partial charge in [-0.15, -0.1) is 0 Å². The third-order valence-corrected chi connectivity index (χ3v) is 5.35. The van der Waals surface area contributed by atoms with Crippen molar-refractivity contribution < 1.29 is 13.2 Å². The first-order valence-corrected chi connectivity index (χ1v) is 8.28. The number of hydrogen-bond acceptors (Lipinski definition) is 5. The highest BCUT2D eigenvalue weighted by atomic mass is 32.2. The molecule has 1 aromatic heterocycles. The molecule has 7 heteroatoms. The molecule has 0 radical (unpaired) electrons. The van der Waals surface area contributed by atoms with E-state index in [4.69, 9.17) is 10.5 Å². The van der Waals surface area contributed by atoms with Crippen molar-refractivity contribution in [1.29, 1.82) is 0 Å². The molecular formula is C13H21N3O3S. The molecule has 1 fully saturated rings. The number of rotatable bonds is 6. The normalized spacial score (nSPS) is 19.6. The summed E-state index contributed by atoms with van der Waals surface area (Å²) in [5, 5.41) is 0. The number of nitrogens with two attached hydrogens (primary N) is 1. The van der Waals surface area contributed by atoms with Gasteiger partial charge in [0.15, 0.2) is 0 Å². The molecule has 1 unspecified atom stereocenters. The van der Waals surface area contributed by atoms with E-state index in [9.17, 15) is 8.42 Å². The molecule has 0 saturated carbocycles. The molecule has 6 nitrogen and oxygen atoms in total. The van der Waals surface area contributed by atoms with Crippen LogP contribution in [0.25, 0.3) is 0 Å². The molecule has 0 amide bonds. The molecule has 1 aliphatic rings. The van der Waals surface area contributed by atoms with Crippen molar-refractivity contribution >= 4 is 10.0 Å². The van der Waals surface area contributed by atoms with Crippen LogP contribution in [0.2, 0.25) is 0 Å². The predicted molar refractivity (Wildman–Crippen MR) is 75.5 cm³/mol. The van der Waals surface area contributed by atoms with Crippen LogP contribution in [0.3, 0.4) is 0 Å². The quantitative estimate of drug-likeness (QED) is 0.837. The Balaban J connectivity index is 2.16. The average Bonchev–Trinajstić information content (AvgIpc) is 2.97. The summed E-state index contributed by atoms with van der Waals surface area (Å²) in [4.78, 5) is 4.25. The summed E-state index contributed by atoms with van der Waals surface area (Å²) >= 11 is 0. The lowest BCUT2D eigenvalue weighted by Crippen LogP contribution is -2.37. The Morgan fingerprint density at radius 3 is 2.80 bits per heavy atom. The Morgan fingerprint density at radius 1 is 1.50 bits per heavy atom. The van der Waals surface area contributed by atoms with Gasteiger partial charge in [-0.05, 0) is 25.0 Å². The van der Waals surface area contributed by atoms with Gasteiger partial charge in [0.05, 0.1) is 11.8 Å². The second kappa shape index (κ2) is 6.62. The van der Waals surface area contributed by atoms with Gasteiger partial charge in [-0.25, -0.2) is 8.42 Å². The zero-order valence-electron chi connectivity index (χ0n) is 11.7. The minimum atomic E-state index is -3.51. The second-order valence-electron chi connectivity index (χ2n) is 4.78. The maximum absolute atomic E-state index is 12.5. The number of aromatic nitrogens is 1. The van der Waals surface area contributed by atoms with E-state index in [1.54, 1.807) is 12.1 Å². The van der Waals surface area contributed by atoms with E-state index in [0.29, 0.717) is 25.3 Å². The summed E-state index contributed by atoms with van der Waals surface area (Å²) in [6.45, 7) is 3.66. The number of sulfonamides is 1. The number of likely N-dealkylation sites (N-methyl/N-ethyl adjacent to an activating group) is 1. The fourth-order valence-corrected chi connectivity index (χ4v) is 3.67. The first-order chi connectivity index (χ1) is 9.57. The fourth-order valence-electron chi connectivity index (χ4n) is 2.25. The minimum Gasteiger partial charge on any atom is -0.377 e. The zero-order chi connectivity index (χ0) is 14.6. The van der Waals surface area contributed by atoms with E-state index in [1.807, 2.05) is 6.92 Å². The van der Waals surface area contributed by atoms with E-state index in [-0.39, 0.29) is 11.0 Å². The standard InChI is InChI=1S/C13H21N3O3S/c1-2-16(10-12-4-3-7-19-12)20(17,18)13-6-5-11(8-14)15-9-13/h5-6,9,12H,2-4,7-8,10,14H2,1H3. The van der Waals surface area contributed by atoms with Crippen LogP contribution in [-0.4, -0.2) is 43.5 Å². The largest absolute Gasteiger partial charge is 0.377 e. The molecule has 0 aromatic carbocycles. The number of hydrogen-bond donors (Lipinski definition) is 1. The molecule has 1 saturated heterocycles. The van der Waals surface area contributed by atoms with Gasteiger partial charge in [-0.2, -0.15) is 4.31 Å². The van der Waals surface area contributed by atoms with Crippen LogP contribution in [0.15, 0.2) is 23.2 Å². The molecule has 1 aromatic rings. The monoisotopic (exact) mass is 299 g/mol. The topological polar surface area (TPSA) is 85.5 Å². The molecule has 2 heterocycles. The van der Waals surface area contributed by atoms with Crippen LogP contribution in [-0.2, 0) is 21.3 Å². The Bertz CT molecular complexity index is 524. The summed E-state index contributed by atoms with van der Waals surface area (Å²) in [5.41, 5.74) is 6.14. The van der Waals surface area contributed by atoms with E-state index in [1.165, 1.54) is 10.5 Å². The van der Waals surface area contributed by atoms with Gasteiger partial charge in [0.25, 0.3) is 0 Å². The van der Waals surface area contributed by atoms with Crippen LogP contribution in [0.4, 0.5) is 0 Å². The number of ether oxygens (including phenoxy) is 1. The van der Waals surface area contributed by atoms with Crippen LogP contribution in [0, 0.1) is 0 Å². The fraction of sp³-hybridized carbons (Fsp3) is 0.615. The molecule has 0 spiro atoms. The van der Waals surface area contributed by atoms with Crippen molar-refractivity contribution in [1.82, 2.24) is 9.29 Å². The lowest BCUT2D eigenvalue weighted by Gasteiger charge is -2.23. The summed E-state index contributed by atoms with van der Waals surface area (Å²) in [7, 11) is -3.51. The Morgan fingerprint density at radius 2 is 2.30 bits per heavy atom. The first kappa shape index (κ1) is 15.4. The van der Waals surface area contributed by atoms with E-state index in [0.717, 1.165) is 19.4 Å². The van der Waals surface area contributed by atoms with Crippen molar-refractivity contribution in [2.24, 2.45) is 5.73 Å². The van der Waals surface area contributed by atoms with Crippen LogP contribution in [0.1, 0.15) is 25.5 Å². The third-order valence-electron chi connectivity index (χ3n) is 3.43. The van der Waals surface area contributed by atoms with E-state index < -0.39 is 10.0 Å². The van der Waals surface area contributed by atoms with E-state index >= 15 is 0 Å². The summed E-state index contributed by atoms with van der Waals surface area (Å²) < 4.78 is 32.1. The molecule has 112 valence electrons. The van der Waals surface area contributed by atoms with Gasteiger partial charge in [-0.3, -0.25) is 4.98 Å². The highest BCUT2D eigenvalue weighted by Gasteiger charge is 2.28. The number of pyridine rings is 1. The summed E-state index contributed by atoms with van der Waals surface area (Å²) in [5.74, 6) is 0. The highest BCUT2D eigenvalue weighted by Crippen LogP contribution is 2.19. The molecule has 0 bridgehead atoms. The van der Waals surface area contributed by atoms with Crippen LogP contribution >= 0.6 is 0 Å². The molecular weight excluding hydrogens is 278 g/mol. The molecule has 0 aliphatic carbocycles. The third kappa shape index (κ3) is 3.35. The Hall–Kier alpha value is -1.02. The molecule has 1 atom stereocenters. The van der Waals surface area contributed by atoms with Crippen molar-refractivity contribution in [2.45, 2.75) is 37.3 Å². The molecule has 2 N–H and O–H groups in total. The molecule has 2 rings (SSSR count). The Kier molecular flexibility index (Phi) is 5.09. The van der Waals surface area contributed by atoms with Gasteiger partial charge >= 0.3 is 0 Å². The van der Waals surface area contributed by atoms with Crippen LogP contribution in [0.5, 0.6) is 0 Å². The van der Waals surface area contributed by atoms with Crippen molar-refractivity contribution in [3.63, 3.8) is 0 Å². The van der Waals surface area contributed by atoms with Gasteiger partial charge in [0.1, 0.15) is 4.90 Å². The maximum atomic E-state index is 12.5. The van der Waals surface area contributed by atoms with Gasteiger partial charge in [-0.1, -0.05) is 6.92 Å². The van der Waals surface area contributed by atoms with Gasteiger partial charge in [0.2, 0.25) is 10.0 Å². The van der Waals surface area contributed by atoms with Gasteiger partial charge in [0, 0.05) is 32.4 Å². The first-order valence-electron chi connectivity index (χ1n) is 6.84. The Labute approximate surface area is 120 Å². The average molecular weight is 299 g/mol. The summed E-state index contributed by atoms with van der Waals surface area (Å²) in [6, 6.07) is 3.20. The van der Waals surface area contributed by atoms with Crippen molar-refractivity contribution in [3.8, 4) is 0 Å². The summed E-state index contributed by atoms with van der Waals surface area (Å²) in [6.07, 6.45) is 3.28. The lowest BCUT2D eigenvalue weighted by molar-refractivity contribution is 0.0947. The molecule has 20 heavy (non-hydrogen) atoms. The SMILES string of the molecule is CCN(CC1CCCO1)S(=O)(=O)c1ccc(CN)nc1. The van der Waals surface area contributed by atoms with Gasteiger partial charge < -0.3 is 10.5 Å².